The van der Waals surface area contributed by atoms with Crippen LogP contribution in [-0.2, 0) is 0 Å². The van der Waals surface area contributed by atoms with Gasteiger partial charge in [-0.3, -0.25) is 4.79 Å². The van der Waals surface area contributed by atoms with Crippen molar-refractivity contribution >= 4 is 45.0 Å². The number of alkyl halides is 1. The van der Waals surface area contributed by atoms with Crippen LogP contribution >= 0.6 is 39.1 Å². The minimum Gasteiger partial charge on any atom is -0.347 e. The lowest BCUT2D eigenvalue weighted by molar-refractivity contribution is 0.0912. The second kappa shape index (κ2) is 6.07. The molecule has 1 amide bonds. The van der Waals surface area contributed by atoms with E-state index in [0.717, 1.165) is 11.8 Å². The monoisotopic (exact) mass is 337 g/mol. The van der Waals surface area contributed by atoms with Crippen LogP contribution in [0, 0.1) is 0 Å². The molecule has 0 atom stereocenters. The maximum absolute atomic E-state index is 12.0. The molecule has 0 bridgehead atoms. The van der Waals surface area contributed by atoms with E-state index in [1.807, 2.05) is 13.8 Å². The maximum Gasteiger partial charge on any atom is 0.251 e. The third kappa shape index (κ3) is 4.49. The van der Waals surface area contributed by atoms with Crippen LogP contribution < -0.4 is 5.32 Å². The number of carbonyl (C=O) groups is 1. The molecule has 0 fully saturated rings. The van der Waals surface area contributed by atoms with Crippen molar-refractivity contribution in [1.29, 1.82) is 0 Å². The zero-order chi connectivity index (χ0) is 13.1. The second-order valence-corrected chi connectivity index (χ2v) is 6.01. The molecule has 1 aromatic rings. The van der Waals surface area contributed by atoms with Crippen molar-refractivity contribution in [2.24, 2.45) is 0 Å². The molecule has 0 saturated carbocycles. The van der Waals surface area contributed by atoms with Gasteiger partial charge in [0.25, 0.3) is 5.91 Å². The molecule has 0 unspecified atom stereocenters. The molecule has 0 aliphatic carbocycles. The molecular weight excluding hydrogens is 325 g/mol. The van der Waals surface area contributed by atoms with Gasteiger partial charge in [0, 0.05) is 16.4 Å². The molecule has 1 aromatic carbocycles. The molecule has 94 valence electrons. The van der Waals surface area contributed by atoms with Gasteiger partial charge in [-0.05, 0) is 38.5 Å². The summed E-state index contributed by atoms with van der Waals surface area (Å²) in [6, 6.07) is 4.85. The van der Waals surface area contributed by atoms with Gasteiger partial charge >= 0.3 is 0 Å². The van der Waals surface area contributed by atoms with Crippen LogP contribution in [0.15, 0.2) is 18.2 Å². The van der Waals surface area contributed by atoms with E-state index in [4.69, 9.17) is 23.2 Å². The lowest BCUT2D eigenvalue weighted by atomic mass is 10.0. The van der Waals surface area contributed by atoms with Crippen molar-refractivity contribution in [2.45, 2.75) is 25.8 Å². The summed E-state index contributed by atoms with van der Waals surface area (Å²) in [5.41, 5.74) is 0.259. The van der Waals surface area contributed by atoms with Gasteiger partial charge in [-0.2, -0.15) is 0 Å². The highest BCUT2D eigenvalue weighted by molar-refractivity contribution is 9.09. The highest BCUT2D eigenvalue weighted by Gasteiger charge is 2.20. The molecule has 1 rings (SSSR count). The molecule has 2 nitrogen and oxygen atoms in total. The van der Waals surface area contributed by atoms with E-state index >= 15 is 0 Å². The highest BCUT2D eigenvalue weighted by atomic mass is 79.9. The number of rotatable bonds is 4. The number of amides is 1. The summed E-state index contributed by atoms with van der Waals surface area (Å²) in [4.78, 5) is 12.0. The molecule has 1 N–H and O–H groups in total. The zero-order valence-corrected chi connectivity index (χ0v) is 12.8. The fourth-order valence-corrected chi connectivity index (χ4v) is 2.60. The Morgan fingerprint density at radius 2 is 2.00 bits per heavy atom. The van der Waals surface area contributed by atoms with Crippen LogP contribution in [0.25, 0.3) is 0 Å². The van der Waals surface area contributed by atoms with Crippen molar-refractivity contribution in [2.75, 3.05) is 5.33 Å². The Labute approximate surface area is 120 Å². The SMILES string of the molecule is CC(C)(CCBr)NC(=O)c1ccc(Cl)c(Cl)c1. The van der Waals surface area contributed by atoms with Gasteiger partial charge < -0.3 is 5.32 Å². The van der Waals surface area contributed by atoms with E-state index in [1.165, 1.54) is 0 Å². The Hall–Kier alpha value is -0.250. The normalized spacial score (nSPS) is 11.4. The van der Waals surface area contributed by atoms with Crippen LogP contribution in [0.1, 0.15) is 30.6 Å². The number of benzene rings is 1. The first-order valence-corrected chi connectivity index (χ1v) is 7.07. The quantitative estimate of drug-likeness (QED) is 0.815. The summed E-state index contributed by atoms with van der Waals surface area (Å²) in [5.74, 6) is -0.144. The van der Waals surface area contributed by atoms with Crippen molar-refractivity contribution in [3.05, 3.63) is 33.8 Å². The van der Waals surface area contributed by atoms with Gasteiger partial charge in [-0.25, -0.2) is 0 Å². The number of halogens is 3. The smallest absolute Gasteiger partial charge is 0.251 e. The third-order valence-electron chi connectivity index (χ3n) is 2.35. The van der Waals surface area contributed by atoms with Crippen LogP contribution in [0.3, 0.4) is 0 Å². The minimum absolute atomic E-state index is 0.144. The van der Waals surface area contributed by atoms with Crippen LogP contribution in [0.5, 0.6) is 0 Å². The van der Waals surface area contributed by atoms with E-state index in [2.05, 4.69) is 21.2 Å². The maximum atomic E-state index is 12.0. The first-order valence-electron chi connectivity index (χ1n) is 5.19. The Balaban J connectivity index is 2.80. The largest absolute Gasteiger partial charge is 0.347 e. The summed E-state index contributed by atoms with van der Waals surface area (Å²) in [6.45, 7) is 3.95. The number of carbonyl (C=O) groups excluding carboxylic acids is 1. The first kappa shape index (κ1) is 14.8. The van der Waals surface area contributed by atoms with E-state index in [-0.39, 0.29) is 11.4 Å². The van der Waals surface area contributed by atoms with Crippen molar-refractivity contribution in [3.63, 3.8) is 0 Å². The van der Waals surface area contributed by atoms with Crippen molar-refractivity contribution in [3.8, 4) is 0 Å². The molecule has 0 aliphatic heterocycles. The minimum atomic E-state index is -0.257. The highest BCUT2D eigenvalue weighted by Crippen LogP contribution is 2.23. The first-order chi connectivity index (χ1) is 7.85. The van der Waals surface area contributed by atoms with E-state index in [0.29, 0.717) is 15.6 Å². The number of hydrogen-bond acceptors (Lipinski definition) is 1. The second-order valence-electron chi connectivity index (χ2n) is 4.41. The standard InChI is InChI=1S/C12H14BrCl2NO/c1-12(2,5-6-13)16-11(17)8-3-4-9(14)10(15)7-8/h3-4,7H,5-6H2,1-2H3,(H,16,17). The van der Waals surface area contributed by atoms with Gasteiger partial charge in [0.15, 0.2) is 0 Å². The topological polar surface area (TPSA) is 29.1 Å². The van der Waals surface area contributed by atoms with Crippen LogP contribution in [0.4, 0.5) is 0 Å². The Bertz CT molecular complexity index is 421. The molecule has 0 heterocycles. The summed E-state index contributed by atoms with van der Waals surface area (Å²) < 4.78 is 0. The predicted molar refractivity (Wildman–Crippen MR) is 76.4 cm³/mol. The molecular formula is C12H14BrCl2NO. The van der Waals surface area contributed by atoms with Crippen LogP contribution in [0.2, 0.25) is 10.0 Å². The molecule has 5 heteroatoms. The Kier molecular flexibility index (Phi) is 5.29. The number of nitrogens with one attached hydrogen (secondary N) is 1. The van der Waals surface area contributed by atoms with E-state index in [9.17, 15) is 4.79 Å². The molecule has 17 heavy (non-hydrogen) atoms. The molecule has 0 spiro atoms. The fraction of sp³-hybridized carbons (Fsp3) is 0.417. The van der Waals surface area contributed by atoms with E-state index in [1.54, 1.807) is 18.2 Å². The summed E-state index contributed by atoms with van der Waals surface area (Å²) >= 11 is 15.0. The van der Waals surface area contributed by atoms with Crippen molar-refractivity contribution < 1.29 is 4.79 Å². The molecule has 0 saturated heterocycles. The lowest BCUT2D eigenvalue weighted by Crippen LogP contribution is -2.43. The average molecular weight is 339 g/mol. The van der Waals surface area contributed by atoms with Gasteiger partial charge in [-0.15, -0.1) is 0 Å². The molecule has 0 aromatic heterocycles. The predicted octanol–water partition coefficient (Wildman–Crippen LogP) is 4.29. The van der Waals surface area contributed by atoms with Gasteiger partial charge in [-0.1, -0.05) is 39.1 Å². The Morgan fingerprint density at radius 3 is 2.53 bits per heavy atom. The number of hydrogen-bond donors (Lipinski definition) is 1. The molecule has 0 radical (unpaired) electrons. The Morgan fingerprint density at radius 1 is 1.35 bits per heavy atom. The summed E-state index contributed by atoms with van der Waals surface area (Å²) in [7, 11) is 0. The van der Waals surface area contributed by atoms with Crippen molar-refractivity contribution in [1.82, 2.24) is 5.32 Å². The summed E-state index contributed by atoms with van der Waals surface area (Å²) in [5, 5.41) is 4.62. The zero-order valence-electron chi connectivity index (χ0n) is 9.69. The van der Waals surface area contributed by atoms with E-state index < -0.39 is 0 Å². The van der Waals surface area contributed by atoms with Gasteiger partial charge in [0.1, 0.15) is 0 Å². The van der Waals surface area contributed by atoms with Gasteiger partial charge in [0.05, 0.1) is 10.0 Å². The molecule has 0 aliphatic rings. The lowest BCUT2D eigenvalue weighted by Gasteiger charge is -2.25. The van der Waals surface area contributed by atoms with Crippen LogP contribution in [-0.4, -0.2) is 16.8 Å². The summed E-state index contributed by atoms with van der Waals surface area (Å²) in [6.07, 6.45) is 0.847. The fourth-order valence-electron chi connectivity index (χ4n) is 1.32. The third-order valence-corrected chi connectivity index (χ3v) is 3.49. The average Bonchev–Trinajstić information content (AvgIpc) is 2.21. The van der Waals surface area contributed by atoms with Gasteiger partial charge in [0.2, 0.25) is 0 Å².